The SMILES string of the molecule is CN(c1ccc(C(=O)NCC2=CCCCC2)cc1)S(=O)(=O)c1ccccc1. The Morgan fingerprint density at radius 2 is 1.74 bits per heavy atom. The maximum Gasteiger partial charge on any atom is 0.264 e. The van der Waals surface area contributed by atoms with E-state index in [0.717, 1.165) is 12.8 Å². The first kappa shape index (κ1) is 19.2. The molecule has 142 valence electrons. The maximum absolute atomic E-state index is 12.7. The highest BCUT2D eigenvalue weighted by atomic mass is 32.2. The molecule has 0 aliphatic heterocycles. The van der Waals surface area contributed by atoms with Crippen LogP contribution in [0.4, 0.5) is 5.69 Å². The zero-order valence-corrected chi connectivity index (χ0v) is 16.2. The summed E-state index contributed by atoms with van der Waals surface area (Å²) in [5.41, 5.74) is 2.30. The normalized spacial score (nSPS) is 14.3. The fraction of sp³-hybridized carbons (Fsp3) is 0.286. The number of anilines is 1. The Morgan fingerprint density at radius 1 is 1.04 bits per heavy atom. The predicted molar refractivity (Wildman–Crippen MR) is 107 cm³/mol. The van der Waals surface area contributed by atoms with Crippen LogP contribution < -0.4 is 9.62 Å². The van der Waals surface area contributed by atoms with Crippen molar-refractivity contribution in [2.75, 3.05) is 17.9 Å². The molecule has 2 aromatic rings. The molecule has 6 heteroatoms. The second kappa shape index (κ2) is 8.39. The molecule has 1 N–H and O–H groups in total. The van der Waals surface area contributed by atoms with Crippen molar-refractivity contribution in [1.29, 1.82) is 0 Å². The Morgan fingerprint density at radius 3 is 2.37 bits per heavy atom. The van der Waals surface area contributed by atoms with Gasteiger partial charge >= 0.3 is 0 Å². The van der Waals surface area contributed by atoms with E-state index in [4.69, 9.17) is 0 Å². The lowest BCUT2D eigenvalue weighted by atomic mass is 9.99. The van der Waals surface area contributed by atoms with Gasteiger partial charge in [0.05, 0.1) is 10.6 Å². The second-order valence-electron chi connectivity index (χ2n) is 6.62. The number of allylic oxidation sites excluding steroid dienone is 1. The highest BCUT2D eigenvalue weighted by Gasteiger charge is 2.21. The number of carbonyl (C=O) groups is 1. The molecular weight excluding hydrogens is 360 g/mol. The van der Waals surface area contributed by atoms with E-state index < -0.39 is 10.0 Å². The van der Waals surface area contributed by atoms with Crippen LogP contribution >= 0.6 is 0 Å². The number of rotatable bonds is 6. The number of benzene rings is 2. The molecule has 3 rings (SSSR count). The summed E-state index contributed by atoms with van der Waals surface area (Å²) in [5, 5.41) is 2.93. The van der Waals surface area contributed by atoms with Crippen molar-refractivity contribution >= 4 is 21.6 Å². The molecule has 0 bridgehead atoms. The molecule has 0 atom stereocenters. The third-order valence-electron chi connectivity index (χ3n) is 4.76. The topological polar surface area (TPSA) is 66.5 Å². The highest BCUT2D eigenvalue weighted by Crippen LogP contribution is 2.22. The van der Waals surface area contributed by atoms with E-state index >= 15 is 0 Å². The molecule has 0 heterocycles. The zero-order valence-electron chi connectivity index (χ0n) is 15.4. The van der Waals surface area contributed by atoms with Crippen LogP contribution in [-0.4, -0.2) is 27.9 Å². The van der Waals surface area contributed by atoms with Gasteiger partial charge in [-0.1, -0.05) is 29.8 Å². The maximum atomic E-state index is 12.7. The number of hydrogen-bond donors (Lipinski definition) is 1. The van der Waals surface area contributed by atoms with Crippen molar-refractivity contribution in [1.82, 2.24) is 5.32 Å². The van der Waals surface area contributed by atoms with Gasteiger partial charge in [0.1, 0.15) is 0 Å². The Hall–Kier alpha value is -2.60. The number of sulfonamides is 1. The standard InChI is InChI=1S/C21H24N2O3S/c1-23(27(25,26)20-10-6-3-7-11-20)19-14-12-18(13-15-19)21(24)22-16-17-8-4-2-5-9-17/h3,6-8,10-15H,2,4-5,9,16H2,1H3,(H,22,24). The summed E-state index contributed by atoms with van der Waals surface area (Å²) >= 11 is 0. The average molecular weight is 385 g/mol. The van der Waals surface area contributed by atoms with Crippen molar-refractivity contribution in [3.63, 3.8) is 0 Å². The molecule has 0 aromatic heterocycles. The molecule has 27 heavy (non-hydrogen) atoms. The van der Waals surface area contributed by atoms with E-state index in [2.05, 4.69) is 11.4 Å². The largest absolute Gasteiger partial charge is 0.348 e. The summed E-state index contributed by atoms with van der Waals surface area (Å²) in [5.74, 6) is -0.151. The molecule has 0 saturated carbocycles. The number of nitrogens with one attached hydrogen (secondary N) is 1. The van der Waals surface area contributed by atoms with Gasteiger partial charge in [0.15, 0.2) is 0 Å². The van der Waals surface area contributed by atoms with E-state index in [-0.39, 0.29) is 10.8 Å². The van der Waals surface area contributed by atoms with Crippen LogP contribution in [-0.2, 0) is 10.0 Å². The van der Waals surface area contributed by atoms with Crippen molar-refractivity contribution in [3.05, 3.63) is 71.8 Å². The van der Waals surface area contributed by atoms with E-state index in [9.17, 15) is 13.2 Å². The molecule has 0 radical (unpaired) electrons. The van der Waals surface area contributed by atoms with E-state index in [1.54, 1.807) is 54.6 Å². The monoisotopic (exact) mass is 384 g/mol. The van der Waals surface area contributed by atoms with E-state index in [1.165, 1.54) is 29.8 Å². The Labute approximate surface area is 160 Å². The van der Waals surface area contributed by atoms with Gasteiger partial charge in [-0.3, -0.25) is 9.10 Å². The van der Waals surface area contributed by atoms with Crippen LogP contribution in [0.25, 0.3) is 0 Å². The van der Waals surface area contributed by atoms with Gasteiger partial charge in [-0.25, -0.2) is 8.42 Å². The van der Waals surface area contributed by atoms with Gasteiger partial charge in [0.2, 0.25) is 0 Å². The summed E-state index contributed by atoms with van der Waals surface area (Å²) in [6.45, 7) is 0.572. The van der Waals surface area contributed by atoms with Crippen LogP contribution in [0.15, 0.2) is 71.1 Å². The summed E-state index contributed by atoms with van der Waals surface area (Å²) in [6.07, 6.45) is 6.73. The Balaban J connectivity index is 1.67. The summed E-state index contributed by atoms with van der Waals surface area (Å²) in [4.78, 5) is 12.5. The number of nitrogens with zero attached hydrogens (tertiary/aromatic N) is 1. The molecule has 0 spiro atoms. The first-order valence-corrected chi connectivity index (χ1v) is 10.5. The lowest BCUT2D eigenvalue weighted by Gasteiger charge is -2.20. The van der Waals surface area contributed by atoms with Crippen LogP contribution in [0, 0.1) is 0 Å². The minimum Gasteiger partial charge on any atom is -0.348 e. The second-order valence-corrected chi connectivity index (χ2v) is 8.59. The predicted octanol–water partition coefficient (Wildman–Crippen LogP) is 3.74. The van der Waals surface area contributed by atoms with E-state index in [1.807, 2.05) is 0 Å². The smallest absolute Gasteiger partial charge is 0.264 e. The number of hydrogen-bond acceptors (Lipinski definition) is 3. The Bertz CT molecular complexity index is 920. The molecule has 5 nitrogen and oxygen atoms in total. The minimum atomic E-state index is -3.62. The molecular formula is C21H24N2O3S. The average Bonchev–Trinajstić information content (AvgIpc) is 2.73. The van der Waals surface area contributed by atoms with Gasteiger partial charge in [0, 0.05) is 19.2 Å². The third-order valence-corrected chi connectivity index (χ3v) is 6.56. The number of amides is 1. The molecule has 0 fully saturated rings. The molecule has 1 amide bonds. The lowest BCUT2D eigenvalue weighted by molar-refractivity contribution is 0.0956. The lowest BCUT2D eigenvalue weighted by Crippen LogP contribution is -2.27. The summed E-state index contributed by atoms with van der Waals surface area (Å²) in [7, 11) is -2.12. The van der Waals surface area contributed by atoms with Crippen LogP contribution in [0.5, 0.6) is 0 Å². The van der Waals surface area contributed by atoms with Gasteiger partial charge in [-0.15, -0.1) is 0 Å². The van der Waals surface area contributed by atoms with Crippen molar-refractivity contribution < 1.29 is 13.2 Å². The fourth-order valence-electron chi connectivity index (χ4n) is 3.07. The van der Waals surface area contributed by atoms with E-state index in [0.29, 0.717) is 17.8 Å². The third kappa shape index (κ3) is 4.57. The van der Waals surface area contributed by atoms with Crippen LogP contribution in [0.2, 0.25) is 0 Å². The van der Waals surface area contributed by atoms with Crippen LogP contribution in [0.3, 0.4) is 0 Å². The zero-order chi connectivity index (χ0) is 19.3. The first-order valence-electron chi connectivity index (χ1n) is 9.08. The van der Waals surface area contributed by atoms with Crippen molar-refractivity contribution in [3.8, 4) is 0 Å². The van der Waals surface area contributed by atoms with Gasteiger partial charge < -0.3 is 5.32 Å². The molecule has 1 aliphatic carbocycles. The fourth-order valence-corrected chi connectivity index (χ4v) is 4.29. The summed E-state index contributed by atoms with van der Waals surface area (Å²) in [6, 6.07) is 14.9. The minimum absolute atomic E-state index is 0.151. The molecule has 0 unspecified atom stereocenters. The first-order chi connectivity index (χ1) is 13.0. The van der Waals surface area contributed by atoms with Gasteiger partial charge in [0.25, 0.3) is 15.9 Å². The van der Waals surface area contributed by atoms with Crippen molar-refractivity contribution in [2.24, 2.45) is 0 Å². The van der Waals surface area contributed by atoms with Crippen molar-refractivity contribution in [2.45, 2.75) is 30.6 Å². The molecule has 0 saturated heterocycles. The quantitative estimate of drug-likeness (QED) is 0.772. The van der Waals surface area contributed by atoms with Gasteiger partial charge in [-0.2, -0.15) is 0 Å². The highest BCUT2D eigenvalue weighted by molar-refractivity contribution is 7.92. The summed E-state index contributed by atoms with van der Waals surface area (Å²) < 4.78 is 26.6. The van der Waals surface area contributed by atoms with Crippen LogP contribution in [0.1, 0.15) is 36.0 Å². The Kier molecular flexibility index (Phi) is 5.96. The molecule has 1 aliphatic rings. The molecule has 2 aromatic carbocycles. The van der Waals surface area contributed by atoms with Gasteiger partial charge in [-0.05, 0) is 62.1 Å². The number of carbonyl (C=O) groups excluding carboxylic acids is 1.